The van der Waals surface area contributed by atoms with Crippen molar-refractivity contribution >= 4 is 5.82 Å². The SMILES string of the molecule is COc1ncc(-c2cc(F)ccc2Oc2nncnc2N2CCC3(C2)CN(C(C(C)C)C2CC(N)C2)C3)c(C2CC2)n1. The molecule has 10 nitrogen and oxygen atoms in total. The number of rotatable bonds is 9. The highest BCUT2D eigenvalue weighted by Crippen LogP contribution is 2.48. The second-order valence-corrected chi connectivity index (χ2v) is 13.1. The number of ether oxygens (including phenoxy) is 2. The molecule has 3 aromatic rings. The van der Waals surface area contributed by atoms with Gasteiger partial charge < -0.3 is 20.1 Å². The summed E-state index contributed by atoms with van der Waals surface area (Å²) in [6.07, 6.45) is 8.57. The zero-order valence-corrected chi connectivity index (χ0v) is 24.5. The van der Waals surface area contributed by atoms with E-state index in [0.29, 0.717) is 58.9 Å². The smallest absolute Gasteiger partial charge is 0.316 e. The standard InChI is InChI=1S/C31H39FN8O2/c1-18(2)27(20-10-22(33)11-20)40-15-31(16-40)8-9-39(14-31)28-29(38-36-17-35-28)42-25-7-6-21(32)12-23(25)24-13-34-30(41-3)37-26(24)19-4-5-19/h6-7,12-13,17-20,22,27H,4-5,8-11,14-16,33H2,1-3H3. The molecule has 0 bridgehead atoms. The van der Waals surface area contributed by atoms with Crippen molar-refractivity contribution < 1.29 is 13.9 Å². The Kier molecular flexibility index (Phi) is 6.97. The van der Waals surface area contributed by atoms with Crippen molar-refractivity contribution in [2.45, 2.75) is 64.0 Å². The Morgan fingerprint density at radius 3 is 2.62 bits per heavy atom. The van der Waals surface area contributed by atoms with Gasteiger partial charge >= 0.3 is 6.01 Å². The van der Waals surface area contributed by atoms with Crippen LogP contribution in [-0.4, -0.2) is 75.4 Å². The van der Waals surface area contributed by atoms with Gasteiger partial charge in [0, 0.05) is 66.9 Å². The molecule has 1 aromatic carbocycles. The Bertz CT molecular complexity index is 1450. The van der Waals surface area contributed by atoms with E-state index in [2.05, 4.69) is 48.8 Å². The molecule has 11 heteroatoms. The zero-order valence-electron chi connectivity index (χ0n) is 24.5. The molecule has 2 saturated heterocycles. The van der Waals surface area contributed by atoms with Crippen LogP contribution in [0.5, 0.6) is 17.6 Å². The van der Waals surface area contributed by atoms with Gasteiger partial charge in [-0.2, -0.15) is 4.98 Å². The lowest BCUT2D eigenvalue weighted by Gasteiger charge is -2.56. The third-order valence-electron chi connectivity index (χ3n) is 9.57. The molecule has 42 heavy (non-hydrogen) atoms. The van der Waals surface area contributed by atoms with Crippen LogP contribution in [0.3, 0.4) is 0 Å². The molecule has 0 radical (unpaired) electrons. The maximum atomic E-state index is 14.6. The summed E-state index contributed by atoms with van der Waals surface area (Å²) in [6, 6.07) is 5.74. The highest BCUT2D eigenvalue weighted by atomic mass is 19.1. The first-order valence-corrected chi connectivity index (χ1v) is 15.1. The molecule has 2 N–H and O–H groups in total. The Morgan fingerprint density at radius 2 is 1.90 bits per heavy atom. The van der Waals surface area contributed by atoms with Gasteiger partial charge in [0.2, 0.25) is 0 Å². The van der Waals surface area contributed by atoms with Gasteiger partial charge in [0.05, 0.1) is 12.8 Å². The molecule has 2 aliphatic heterocycles. The van der Waals surface area contributed by atoms with E-state index < -0.39 is 0 Å². The largest absolute Gasteiger partial charge is 0.467 e. The van der Waals surface area contributed by atoms with Crippen molar-refractivity contribution in [2.75, 3.05) is 38.2 Å². The van der Waals surface area contributed by atoms with E-state index in [9.17, 15) is 4.39 Å². The van der Waals surface area contributed by atoms with E-state index in [0.717, 1.165) is 69.5 Å². The van der Waals surface area contributed by atoms with Crippen molar-refractivity contribution in [3.8, 4) is 28.8 Å². The van der Waals surface area contributed by atoms with E-state index in [1.807, 2.05) is 0 Å². The quantitative estimate of drug-likeness (QED) is 0.394. The summed E-state index contributed by atoms with van der Waals surface area (Å²) in [6.45, 7) is 8.63. The van der Waals surface area contributed by atoms with E-state index in [1.165, 1.54) is 18.5 Å². The molecule has 4 heterocycles. The number of benzene rings is 1. The molecule has 2 aromatic heterocycles. The van der Waals surface area contributed by atoms with Crippen molar-refractivity contribution in [2.24, 2.45) is 23.0 Å². The molecular formula is C31H39FN8O2. The molecule has 4 aliphatic rings. The fraction of sp³-hybridized carbons (Fsp3) is 0.581. The lowest BCUT2D eigenvalue weighted by atomic mass is 9.68. The Hall–Kier alpha value is -3.44. The Morgan fingerprint density at radius 1 is 1.10 bits per heavy atom. The number of aromatic nitrogens is 5. The predicted octanol–water partition coefficient (Wildman–Crippen LogP) is 4.42. The van der Waals surface area contributed by atoms with E-state index >= 15 is 0 Å². The molecule has 1 atom stereocenters. The number of likely N-dealkylation sites (tertiary alicyclic amines) is 1. The zero-order chi connectivity index (χ0) is 29.0. The first kappa shape index (κ1) is 27.4. The van der Waals surface area contributed by atoms with E-state index in [4.69, 9.17) is 15.2 Å². The first-order valence-electron chi connectivity index (χ1n) is 15.1. The average Bonchev–Trinajstić information content (AvgIpc) is 3.71. The maximum absolute atomic E-state index is 14.6. The highest BCUT2D eigenvalue weighted by Gasteiger charge is 2.52. The van der Waals surface area contributed by atoms with Crippen molar-refractivity contribution in [3.63, 3.8) is 0 Å². The number of halogens is 1. The molecule has 0 amide bonds. The number of nitrogens with two attached hydrogens (primary N) is 1. The molecule has 222 valence electrons. The van der Waals surface area contributed by atoms with E-state index in [-0.39, 0.29) is 11.2 Å². The van der Waals surface area contributed by atoms with Crippen LogP contribution >= 0.6 is 0 Å². The number of hydrogen-bond donors (Lipinski definition) is 1. The molecular weight excluding hydrogens is 535 g/mol. The van der Waals surface area contributed by atoms with Crippen LogP contribution in [0.2, 0.25) is 0 Å². The predicted molar refractivity (Wildman–Crippen MR) is 156 cm³/mol. The van der Waals surface area contributed by atoms with Gasteiger partial charge in [-0.25, -0.2) is 14.4 Å². The third-order valence-corrected chi connectivity index (χ3v) is 9.57. The minimum Gasteiger partial charge on any atom is -0.467 e. The van der Waals surface area contributed by atoms with Gasteiger partial charge in [0.15, 0.2) is 5.82 Å². The highest BCUT2D eigenvalue weighted by molar-refractivity contribution is 5.73. The summed E-state index contributed by atoms with van der Waals surface area (Å²) < 4.78 is 26.2. The topological polar surface area (TPSA) is 115 Å². The minimum absolute atomic E-state index is 0.238. The Balaban J connectivity index is 1.11. The summed E-state index contributed by atoms with van der Waals surface area (Å²) in [5.74, 6) is 2.68. The van der Waals surface area contributed by atoms with Gasteiger partial charge in [0.25, 0.3) is 5.88 Å². The molecule has 4 fully saturated rings. The Labute approximate surface area is 245 Å². The number of hydrogen-bond acceptors (Lipinski definition) is 10. The van der Waals surface area contributed by atoms with Gasteiger partial charge in [-0.15, -0.1) is 10.2 Å². The van der Waals surface area contributed by atoms with Gasteiger partial charge in [-0.3, -0.25) is 4.90 Å². The van der Waals surface area contributed by atoms with Crippen LogP contribution < -0.4 is 20.1 Å². The fourth-order valence-corrected chi connectivity index (χ4v) is 7.45. The van der Waals surface area contributed by atoms with Crippen LogP contribution in [0, 0.1) is 23.1 Å². The molecule has 1 unspecified atom stereocenters. The molecule has 1 spiro atoms. The maximum Gasteiger partial charge on any atom is 0.316 e. The lowest BCUT2D eigenvalue weighted by Crippen LogP contribution is -2.65. The van der Waals surface area contributed by atoms with Crippen LogP contribution in [-0.2, 0) is 0 Å². The van der Waals surface area contributed by atoms with Gasteiger partial charge in [-0.05, 0) is 62.1 Å². The summed E-state index contributed by atoms with van der Waals surface area (Å²) in [7, 11) is 1.54. The number of methoxy groups -OCH3 is 1. The average molecular weight is 575 g/mol. The second kappa shape index (κ2) is 10.7. The summed E-state index contributed by atoms with van der Waals surface area (Å²) in [4.78, 5) is 18.5. The normalized spacial score (nSPS) is 24.0. The van der Waals surface area contributed by atoms with Gasteiger partial charge in [-0.1, -0.05) is 13.8 Å². The van der Waals surface area contributed by atoms with Gasteiger partial charge in [0.1, 0.15) is 17.9 Å². The van der Waals surface area contributed by atoms with Crippen LogP contribution in [0.15, 0.2) is 30.7 Å². The third kappa shape index (κ3) is 5.06. The summed E-state index contributed by atoms with van der Waals surface area (Å²) in [5, 5.41) is 8.37. The first-order chi connectivity index (χ1) is 20.3. The lowest BCUT2D eigenvalue weighted by molar-refractivity contribution is -0.0667. The molecule has 7 rings (SSSR count). The van der Waals surface area contributed by atoms with Crippen molar-refractivity contribution in [1.82, 2.24) is 30.0 Å². The minimum atomic E-state index is -0.369. The monoisotopic (exact) mass is 574 g/mol. The number of anilines is 1. The van der Waals surface area contributed by atoms with Crippen LogP contribution in [0.1, 0.15) is 57.6 Å². The van der Waals surface area contributed by atoms with Crippen LogP contribution in [0.25, 0.3) is 11.1 Å². The molecule has 2 aliphatic carbocycles. The van der Waals surface area contributed by atoms with E-state index in [1.54, 1.807) is 19.4 Å². The summed E-state index contributed by atoms with van der Waals surface area (Å²) >= 11 is 0. The molecule has 2 saturated carbocycles. The number of nitrogens with zero attached hydrogens (tertiary/aromatic N) is 7. The van der Waals surface area contributed by atoms with Crippen molar-refractivity contribution in [1.29, 1.82) is 0 Å². The fourth-order valence-electron chi connectivity index (χ4n) is 7.45. The second-order valence-electron chi connectivity index (χ2n) is 13.1. The van der Waals surface area contributed by atoms with Crippen molar-refractivity contribution in [3.05, 3.63) is 42.2 Å². The van der Waals surface area contributed by atoms with Crippen LogP contribution in [0.4, 0.5) is 10.2 Å². The summed E-state index contributed by atoms with van der Waals surface area (Å²) in [5.41, 5.74) is 8.51.